The van der Waals surface area contributed by atoms with Gasteiger partial charge in [0, 0.05) is 37.8 Å². The summed E-state index contributed by atoms with van der Waals surface area (Å²) in [4.78, 5) is 26.9. The highest BCUT2D eigenvalue weighted by Gasteiger charge is 2.32. The number of carbonyl (C=O) groups is 2. The second-order valence-electron chi connectivity index (χ2n) is 8.58. The second kappa shape index (κ2) is 10.0. The van der Waals surface area contributed by atoms with Crippen molar-refractivity contribution in [3.63, 3.8) is 0 Å². The Labute approximate surface area is 193 Å². The number of carbonyl (C=O) groups excluding carboxylic acids is 2. The van der Waals surface area contributed by atoms with Gasteiger partial charge in [0.1, 0.15) is 5.82 Å². The molecule has 0 unspecified atom stereocenters. The lowest BCUT2D eigenvalue weighted by molar-refractivity contribution is -0.129. The van der Waals surface area contributed by atoms with E-state index < -0.39 is 15.8 Å². The van der Waals surface area contributed by atoms with Gasteiger partial charge in [-0.3, -0.25) is 9.59 Å². The third kappa shape index (κ3) is 5.59. The van der Waals surface area contributed by atoms with Gasteiger partial charge in [-0.15, -0.1) is 0 Å². The average Bonchev–Trinajstić information content (AvgIpc) is 3.36. The zero-order valence-corrected chi connectivity index (χ0v) is 19.2. The Morgan fingerprint density at radius 2 is 1.52 bits per heavy atom. The Hall–Kier alpha value is -2.78. The molecule has 2 aliphatic rings. The molecule has 2 heterocycles. The van der Waals surface area contributed by atoms with E-state index >= 15 is 0 Å². The van der Waals surface area contributed by atoms with E-state index in [9.17, 15) is 22.4 Å². The fourth-order valence-corrected chi connectivity index (χ4v) is 5.79. The fourth-order valence-electron chi connectivity index (χ4n) is 4.32. The van der Waals surface area contributed by atoms with Crippen LogP contribution in [0.15, 0.2) is 53.4 Å². The predicted octanol–water partition coefficient (Wildman–Crippen LogP) is 3.03. The molecule has 0 atom stereocenters. The predicted molar refractivity (Wildman–Crippen MR) is 122 cm³/mol. The van der Waals surface area contributed by atoms with Gasteiger partial charge in [0.25, 0.3) is 0 Å². The number of nitrogens with zero attached hydrogens (tertiary/aromatic N) is 2. The zero-order valence-electron chi connectivity index (χ0n) is 18.4. The van der Waals surface area contributed by atoms with Crippen LogP contribution in [-0.2, 0) is 26.0 Å². The molecule has 33 heavy (non-hydrogen) atoms. The van der Waals surface area contributed by atoms with Crippen LogP contribution < -0.4 is 5.32 Å². The number of benzene rings is 2. The van der Waals surface area contributed by atoms with E-state index in [-0.39, 0.29) is 35.7 Å². The van der Waals surface area contributed by atoms with Gasteiger partial charge in [-0.1, -0.05) is 12.1 Å². The molecule has 176 valence electrons. The molecule has 7 nitrogen and oxygen atoms in total. The minimum absolute atomic E-state index is 0.0510. The van der Waals surface area contributed by atoms with Crippen molar-refractivity contribution in [3.05, 3.63) is 59.9 Å². The summed E-state index contributed by atoms with van der Waals surface area (Å²) in [6, 6.07) is 12.0. The molecule has 2 amide bonds. The molecule has 0 saturated carbocycles. The van der Waals surface area contributed by atoms with E-state index in [2.05, 4.69) is 5.32 Å². The fraction of sp³-hybridized carbons (Fsp3) is 0.417. The number of likely N-dealkylation sites (tertiary alicyclic amines) is 1. The molecular weight excluding hydrogens is 445 g/mol. The van der Waals surface area contributed by atoms with Crippen molar-refractivity contribution in [2.75, 3.05) is 31.5 Å². The quantitative estimate of drug-likeness (QED) is 0.699. The maximum absolute atomic E-state index is 13.1. The summed E-state index contributed by atoms with van der Waals surface area (Å²) in [6.07, 6.45) is 3.31. The highest BCUT2D eigenvalue weighted by Crippen LogP contribution is 2.25. The van der Waals surface area contributed by atoms with Gasteiger partial charge < -0.3 is 10.2 Å². The van der Waals surface area contributed by atoms with E-state index in [1.54, 1.807) is 12.1 Å². The van der Waals surface area contributed by atoms with Crippen LogP contribution in [0.2, 0.25) is 0 Å². The number of amides is 2. The van der Waals surface area contributed by atoms with Gasteiger partial charge in [-0.2, -0.15) is 4.31 Å². The van der Waals surface area contributed by atoms with E-state index in [0.717, 1.165) is 43.6 Å². The molecule has 0 aliphatic carbocycles. The Balaban J connectivity index is 1.28. The molecular formula is C24H28FN3O4S. The summed E-state index contributed by atoms with van der Waals surface area (Å²) in [5.41, 5.74) is 1.56. The van der Waals surface area contributed by atoms with Crippen LogP contribution in [0.1, 0.15) is 31.2 Å². The van der Waals surface area contributed by atoms with Crippen molar-refractivity contribution >= 4 is 27.5 Å². The molecule has 2 aromatic carbocycles. The molecule has 1 N–H and O–H groups in total. The molecule has 0 bridgehead atoms. The molecule has 0 spiro atoms. The van der Waals surface area contributed by atoms with Crippen molar-refractivity contribution in [2.24, 2.45) is 5.92 Å². The summed E-state index contributed by atoms with van der Waals surface area (Å²) in [5.74, 6) is -0.794. The van der Waals surface area contributed by atoms with Crippen LogP contribution in [0.4, 0.5) is 10.1 Å². The average molecular weight is 474 g/mol. The second-order valence-corrected chi connectivity index (χ2v) is 10.5. The van der Waals surface area contributed by atoms with Gasteiger partial charge in [-0.05, 0) is 67.6 Å². The Morgan fingerprint density at radius 3 is 2.12 bits per heavy atom. The lowest BCUT2D eigenvalue weighted by atomic mass is 9.97. The first-order chi connectivity index (χ1) is 15.8. The summed E-state index contributed by atoms with van der Waals surface area (Å²) >= 11 is 0. The van der Waals surface area contributed by atoms with Crippen molar-refractivity contribution in [2.45, 2.75) is 37.0 Å². The normalized spacial score (nSPS) is 17.8. The number of rotatable bonds is 6. The number of hydrogen-bond donors (Lipinski definition) is 1. The van der Waals surface area contributed by atoms with Crippen molar-refractivity contribution in [1.82, 2.24) is 9.21 Å². The van der Waals surface area contributed by atoms with Crippen LogP contribution in [-0.4, -0.2) is 55.6 Å². The molecule has 0 radical (unpaired) electrons. The number of piperidine rings is 1. The van der Waals surface area contributed by atoms with E-state index in [1.807, 2.05) is 17.0 Å². The molecule has 4 rings (SSSR count). The standard InChI is InChI=1S/C24H28FN3O4S/c25-20-5-9-22(10-6-20)33(31,32)28-15-11-19(12-16-28)24(30)26-21-7-3-18(4-8-21)17-23(29)27-13-1-2-14-27/h3-10,19H,1-2,11-17H2,(H,26,30). The lowest BCUT2D eigenvalue weighted by Gasteiger charge is -2.30. The molecule has 2 fully saturated rings. The molecule has 2 saturated heterocycles. The van der Waals surface area contributed by atoms with Crippen LogP contribution in [0.25, 0.3) is 0 Å². The Bertz CT molecular complexity index is 1090. The number of hydrogen-bond acceptors (Lipinski definition) is 4. The van der Waals surface area contributed by atoms with Crippen LogP contribution in [0.5, 0.6) is 0 Å². The first-order valence-corrected chi connectivity index (χ1v) is 12.7. The number of halogens is 1. The van der Waals surface area contributed by atoms with E-state index in [1.165, 1.54) is 16.4 Å². The van der Waals surface area contributed by atoms with Crippen LogP contribution in [0.3, 0.4) is 0 Å². The third-order valence-electron chi connectivity index (χ3n) is 6.31. The first kappa shape index (κ1) is 23.4. The third-order valence-corrected chi connectivity index (χ3v) is 8.22. The first-order valence-electron chi connectivity index (χ1n) is 11.3. The van der Waals surface area contributed by atoms with Crippen LogP contribution >= 0.6 is 0 Å². The highest BCUT2D eigenvalue weighted by atomic mass is 32.2. The van der Waals surface area contributed by atoms with E-state index in [4.69, 9.17) is 0 Å². The maximum Gasteiger partial charge on any atom is 0.243 e. The van der Waals surface area contributed by atoms with Gasteiger partial charge in [-0.25, -0.2) is 12.8 Å². The Kier molecular flexibility index (Phi) is 7.09. The molecule has 0 aromatic heterocycles. The van der Waals surface area contributed by atoms with Crippen molar-refractivity contribution in [3.8, 4) is 0 Å². The smallest absolute Gasteiger partial charge is 0.243 e. The monoisotopic (exact) mass is 473 g/mol. The minimum Gasteiger partial charge on any atom is -0.342 e. The highest BCUT2D eigenvalue weighted by molar-refractivity contribution is 7.89. The van der Waals surface area contributed by atoms with Gasteiger partial charge in [0.2, 0.25) is 21.8 Å². The van der Waals surface area contributed by atoms with Crippen molar-refractivity contribution < 1.29 is 22.4 Å². The van der Waals surface area contributed by atoms with Crippen molar-refractivity contribution in [1.29, 1.82) is 0 Å². The Morgan fingerprint density at radius 1 is 0.909 bits per heavy atom. The zero-order chi connectivity index (χ0) is 23.4. The molecule has 9 heteroatoms. The van der Waals surface area contributed by atoms with Gasteiger partial charge >= 0.3 is 0 Å². The summed E-state index contributed by atoms with van der Waals surface area (Å²) < 4.78 is 39.9. The summed E-state index contributed by atoms with van der Waals surface area (Å²) in [5, 5.41) is 2.89. The SMILES string of the molecule is O=C(Nc1ccc(CC(=O)N2CCCC2)cc1)C1CCN(S(=O)(=O)c2ccc(F)cc2)CC1. The van der Waals surface area contributed by atoms with Gasteiger partial charge in [0.05, 0.1) is 11.3 Å². The molecule has 2 aliphatic heterocycles. The maximum atomic E-state index is 13.1. The lowest BCUT2D eigenvalue weighted by Crippen LogP contribution is -2.41. The minimum atomic E-state index is -3.70. The number of nitrogens with one attached hydrogen (secondary N) is 1. The topological polar surface area (TPSA) is 86.8 Å². The van der Waals surface area contributed by atoms with Gasteiger partial charge in [0.15, 0.2) is 0 Å². The number of sulfonamides is 1. The van der Waals surface area contributed by atoms with E-state index in [0.29, 0.717) is 24.9 Å². The van der Waals surface area contributed by atoms with Crippen LogP contribution in [0, 0.1) is 11.7 Å². The largest absolute Gasteiger partial charge is 0.342 e. The number of anilines is 1. The molecule has 2 aromatic rings. The summed E-state index contributed by atoms with van der Waals surface area (Å²) in [6.45, 7) is 2.12. The summed E-state index contributed by atoms with van der Waals surface area (Å²) in [7, 11) is -3.70.